The van der Waals surface area contributed by atoms with Gasteiger partial charge in [-0.25, -0.2) is 15.8 Å². The van der Waals surface area contributed by atoms with Crippen LogP contribution in [0.1, 0.15) is 58.7 Å². The predicted molar refractivity (Wildman–Crippen MR) is 85.1 cm³/mol. The number of aliphatic hydroxyl groups is 1. The smallest absolute Gasteiger partial charge is 0.145 e. The zero-order valence-electron chi connectivity index (χ0n) is 13.2. The second-order valence-electron chi connectivity index (χ2n) is 6.99. The zero-order valence-corrected chi connectivity index (χ0v) is 13.2. The first-order chi connectivity index (χ1) is 9.82. The summed E-state index contributed by atoms with van der Waals surface area (Å²) in [6, 6.07) is 1.77. The fourth-order valence-electron chi connectivity index (χ4n) is 2.59. The van der Waals surface area contributed by atoms with Gasteiger partial charge >= 0.3 is 0 Å². The van der Waals surface area contributed by atoms with E-state index in [9.17, 15) is 5.11 Å². The van der Waals surface area contributed by atoms with Gasteiger partial charge in [0.25, 0.3) is 0 Å². The number of nitrogens with two attached hydrogens (primary N) is 1. The fraction of sp³-hybridized carbons (Fsp3) is 0.733. The van der Waals surface area contributed by atoms with Gasteiger partial charge in [-0.15, -0.1) is 0 Å². The van der Waals surface area contributed by atoms with Crippen LogP contribution in [0.3, 0.4) is 0 Å². The molecule has 1 aromatic heterocycles. The van der Waals surface area contributed by atoms with E-state index in [0.29, 0.717) is 18.2 Å². The van der Waals surface area contributed by atoms with Crippen molar-refractivity contribution in [2.24, 2.45) is 5.84 Å². The first-order valence-electron chi connectivity index (χ1n) is 7.65. The maximum absolute atomic E-state index is 10.5. The van der Waals surface area contributed by atoms with Gasteiger partial charge < -0.3 is 15.8 Å². The lowest BCUT2D eigenvalue weighted by Crippen LogP contribution is -2.39. The normalized spacial score (nSPS) is 18.3. The summed E-state index contributed by atoms with van der Waals surface area (Å²) in [5.74, 6) is 7.47. The molecule has 0 bridgehead atoms. The van der Waals surface area contributed by atoms with Crippen LogP contribution in [0.2, 0.25) is 0 Å². The molecule has 0 aromatic carbocycles. The van der Waals surface area contributed by atoms with Gasteiger partial charge in [0.05, 0.1) is 5.60 Å². The molecule has 0 amide bonds. The maximum atomic E-state index is 10.5. The van der Waals surface area contributed by atoms with Crippen LogP contribution >= 0.6 is 0 Å². The summed E-state index contributed by atoms with van der Waals surface area (Å²) >= 11 is 0. The molecule has 1 aliphatic rings. The summed E-state index contributed by atoms with van der Waals surface area (Å²) < 4.78 is 0. The van der Waals surface area contributed by atoms with Gasteiger partial charge in [0, 0.05) is 18.0 Å². The maximum Gasteiger partial charge on any atom is 0.145 e. The number of hydrogen-bond donors (Lipinski definition) is 4. The van der Waals surface area contributed by atoms with Gasteiger partial charge in [-0.05, 0) is 12.8 Å². The van der Waals surface area contributed by atoms with Crippen molar-refractivity contribution in [1.82, 2.24) is 9.97 Å². The third kappa shape index (κ3) is 4.28. The van der Waals surface area contributed by atoms with E-state index in [4.69, 9.17) is 5.84 Å². The number of anilines is 2. The van der Waals surface area contributed by atoms with E-state index in [-0.39, 0.29) is 5.41 Å². The molecule has 1 aliphatic carbocycles. The molecular formula is C15H27N5O. The molecule has 0 aliphatic heterocycles. The molecule has 118 valence electrons. The summed E-state index contributed by atoms with van der Waals surface area (Å²) in [4.78, 5) is 8.92. The lowest BCUT2D eigenvalue weighted by Gasteiger charge is -2.32. The SMILES string of the molecule is CC(C)(C)c1nc(NN)cc(NCC2(O)CCCCC2)n1. The number of aromatic nitrogens is 2. The van der Waals surface area contributed by atoms with Crippen molar-refractivity contribution in [2.45, 2.75) is 63.9 Å². The Bertz CT molecular complexity index is 477. The Balaban J connectivity index is 2.12. The van der Waals surface area contributed by atoms with Crippen LogP contribution in [0.5, 0.6) is 0 Å². The fourth-order valence-corrected chi connectivity index (χ4v) is 2.59. The topological polar surface area (TPSA) is 96.1 Å². The Morgan fingerprint density at radius 1 is 1.19 bits per heavy atom. The molecule has 0 saturated heterocycles. The quantitative estimate of drug-likeness (QED) is 0.502. The highest BCUT2D eigenvalue weighted by Gasteiger charge is 2.29. The van der Waals surface area contributed by atoms with Crippen molar-refractivity contribution in [3.05, 3.63) is 11.9 Å². The van der Waals surface area contributed by atoms with Crippen molar-refractivity contribution in [3.8, 4) is 0 Å². The van der Waals surface area contributed by atoms with E-state index in [1.54, 1.807) is 6.07 Å². The first-order valence-corrected chi connectivity index (χ1v) is 7.65. The number of nitrogens with zero attached hydrogens (tertiary/aromatic N) is 2. The van der Waals surface area contributed by atoms with Crippen LogP contribution in [0.4, 0.5) is 11.6 Å². The predicted octanol–water partition coefficient (Wildman–Crippen LogP) is 2.17. The summed E-state index contributed by atoms with van der Waals surface area (Å²) in [6.45, 7) is 6.68. The van der Waals surface area contributed by atoms with E-state index in [2.05, 4.69) is 41.5 Å². The number of nitrogens with one attached hydrogen (secondary N) is 2. The van der Waals surface area contributed by atoms with E-state index in [1.165, 1.54) is 6.42 Å². The molecular weight excluding hydrogens is 266 g/mol. The molecule has 1 heterocycles. The Morgan fingerprint density at radius 2 is 1.81 bits per heavy atom. The van der Waals surface area contributed by atoms with E-state index in [0.717, 1.165) is 31.5 Å². The van der Waals surface area contributed by atoms with Gasteiger partial charge in [0.1, 0.15) is 17.5 Å². The number of rotatable bonds is 4. The van der Waals surface area contributed by atoms with Crippen molar-refractivity contribution in [2.75, 3.05) is 17.3 Å². The Labute approximate surface area is 126 Å². The number of hydrogen-bond acceptors (Lipinski definition) is 6. The Kier molecular flexibility index (Phi) is 4.68. The molecule has 1 saturated carbocycles. The minimum absolute atomic E-state index is 0.162. The highest BCUT2D eigenvalue weighted by atomic mass is 16.3. The highest BCUT2D eigenvalue weighted by Crippen LogP contribution is 2.28. The van der Waals surface area contributed by atoms with Crippen molar-refractivity contribution in [3.63, 3.8) is 0 Å². The van der Waals surface area contributed by atoms with Crippen LogP contribution in [0.25, 0.3) is 0 Å². The van der Waals surface area contributed by atoms with Gasteiger partial charge in [-0.2, -0.15) is 0 Å². The molecule has 0 unspecified atom stereocenters. The van der Waals surface area contributed by atoms with Gasteiger partial charge in [-0.1, -0.05) is 40.0 Å². The molecule has 1 aromatic rings. The molecule has 2 rings (SSSR count). The lowest BCUT2D eigenvalue weighted by molar-refractivity contribution is 0.0166. The number of hydrazine groups is 1. The highest BCUT2D eigenvalue weighted by molar-refractivity contribution is 5.47. The second kappa shape index (κ2) is 6.15. The van der Waals surface area contributed by atoms with Crippen LogP contribution in [-0.2, 0) is 5.41 Å². The largest absolute Gasteiger partial charge is 0.388 e. The minimum Gasteiger partial charge on any atom is -0.388 e. The molecule has 0 atom stereocenters. The van der Waals surface area contributed by atoms with E-state index >= 15 is 0 Å². The summed E-state index contributed by atoms with van der Waals surface area (Å²) in [5.41, 5.74) is 1.79. The van der Waals surface area contributed by atoms with Crippen LogP contribution in [0.15, 0.2) is 6.07 Å². The molecule has 0 spiro atoms. The molecule has 1 fully saturated rings. The van der Waals surface area contributed by atoms with Crippen LogP contribution < -0.4 is 16.6 Å². The van der Waals surface area contributed by atoms with Crippen molar-refractivity contribution >= 4 is 11.6 Å². The third-order valence-electron chi connectivity index (χ3n) is 3.93. The second-order valence-corrected chi connectivity index (χ2v) is 6.99. The monoisotopic (exact) mass is 293 g/mol. The average molecular weight is 293 g/mol. The summed E-state index contributed by atoms with van der Waals surface area (Å²) in [6.07, 6.45) is 5.08. The molecule has 21 heavy (non-hydrogen) atoms. The third-order valence-corrected chi connectivity index (χ3v) is 3.93. The summed E-state index contributed by atoms with van der Waals surface area (Å²) in [5, 5.41) is 13.8. The lowest BCUT2D eigenvalue weighted by atomic mass is 9.85. The standard InChI is InChI=1S/C15H27N5O/c1-14(2,3)13-18-11(9-12(19-13)20-16)17-10-15(21)7-5-4-6-8-15/h9,21H,4-8,10,16H2,1-3H3,(H2,17,18,19,20). The zero-order chi connectivity index (χ0) is 15.5. The molecule has 6 nitrogen and oxygen atoms in total. The van der Waals surface area contributed by atoms with E-state index < -0.39 is 5.60 Å². The van der Waals surface area contributed by atoms with Crippen LogP contribution in [-0.4, -0.2) is 27.2 Å². The van der Waals surface area contributed by atoms with Crippen LogP contribution in [0, 0.1) is 0 Å². The molecule has 6 heteroatoms. The van der Waals surface area contributed by atoms with Gasteiger partial charge in [-0.3, -0.25) is 0 Å². The Morgan fingerprint density at radius 3 is 2.38 bits per heavy atom. The molecule has 5 N–H and O–H groups in total. The molecule has 0 radical (unpaired) electrons. The first kappa shape index (κ1) is 16.0. The van der Waals surface area contributed by atoms with Crippen molar-refractivity contribution in [1.29, 1.82) is 0 Å². The summed E-state index contributed by atoms with van der Waals surface area (Å²) in [7, 11) is 0. The van der Waals surface area contributed by atoms with Crippen molar-refractivity contribution < 1.29 is 5.11 Å². The van der Waals surface area contributed by atoms with Gasteiger partial charge in [0.2, 0.25) is 0 Å². The van der Waals surface area contributed by atoms with Gasteiger partial charge in [0.15, 0.2) is 0 Å². The Hall–Kier alpha value is -1.40. The number of nitrogen functional groups attached to an aromatic ring is 1. The van der Waals surface area contributed by atoms with E-state index in [1.807, 2.05) is 0 Å². The minimum atomic E-state index is -0.624. The average Bonchev–Trinajstić information content (AvgIpc) is 2.45.